The molecule has 0 bridgehead atoms. The maximum absolute atomic E-state index is 12.7. The number of rotatable bonds is 7. The summed E-state index contributed by atoms with van der Waals surface area (Å²) in [6, 6.07) is 5.28. The van der Waals surface area contributed by atoms with Crippen LogP contribution in [-0.2, 0) is 14.8 Å². The van der Waals surface area contributed by atoms with Crippen LogP contribution in [0.2, 0.25) is 0 Å². The third-order valence-corrected chi connectivity index (χ3v) is 6.56. The van der Waals surface area contributed by atoms with Crippen molar-refractivity contribution in [2.24, 2.45) is 0 Å². The van der Waals surface area contributed by atoms with Crippen molar-refractivity contribution in [2.75, 3.05) is 26.8 Å². The Bertz CT molecular complexity index is 642. The van der Waals surface area contributed by atoms with Crippen molar-refractivity contribution in [2.45, 2.75) is 18.2 Å². The molecule has 0 aliphatic rings. The summed E-state index contributed by atoms with van der Waals surface area (Å²) in [6.45, 7) is 2.50. The van der Waals surface area contributed by atoms with Crippen molar-refractivity contribution < 1.29 is 13.2 Å². The lowest BCUT2D eigenvalue weighted by Crippen LogP contribution is -2.35. The van der Waals surface area contributed by atoms with E-state index in [2.05, 4.69) is 31.9 Å². The number of ether oxygens (including phenoxy) is 1. The average Bonchev–Trinajstić information content (AvgIpc) is 2.42. The number of hydrogen-bond acceptors (Lipinski definition) is 4. The number of halogens is 2. The summed E-state index contributed by atoms with van der Waals surface area (Å²) in [6.07, 6.45) is 0.133. The molecule has 1 aromatic carbocycles. The summed E-state index contributed by atoms with van der Waals surface area (Å²) in [4.78, 5) is 0.175. The molecule has 0 spiro atoms. The monoisotopic (exact) mass is 438 g/mol. The molecule has 5 nitrogen and oxygen atoms in total. The van der Waals surface area contributed by atoms with E-state index in [1.807, 2.05) is 13.0 Å². The smallest absolute Gasteiger partial charge is 0.244 e. The normalized spacial score (nSPS) is 11.6. The Balaban J connectivity index is 3.22. The lowest BCUT2D eigenvalue weighted by molar-refractivity contribution is 0.179. The summed E-state index contributed by atoms with van der Waals surface area (Å²) in [5.41, 5.74) is 0.932. The van der Waals surface area contributed by atoms with Gasteiger partial charge < -0.3 is 4.74 Å². The van der Waals surface area contributed by atoms with Gasteiger partial charge in [0.1, 0.15) is 0 Å². The second-order valence-corrected chi connectivity index (χ2v) is 7.95. The van der Waals surface area contributed by atoms with Gasteiger partial charge in [0.2, 0.25) is 10.0 Å². The van der Waals surface area contributed by atoms with Crippen molar-refractivity contribution >= 4 is 41.9 Å². The van der Waals surface area contributed by atoms with E-state index in [0.717, 1.165) is 10.0 Å². The highest BCUT2D eigenvalue weighted by Gasteiger charge is 2.26. The first-order valence-electron chi connectivity index (χ1n) is 6.16. The zero-order chi connectivity index (χ0) is 16.0. The molecule has 0 saturated carbocycles. The van der Waals surface area contributed by atoms with E-state index in [-0.39, 0.29) is 31.0 Å². The number of hydrogen-bond donors (Lipinski definition) is 0. The molecule has 116 valence electrons. The summed E-state index contributed by atoms with van der Waals surface area (Å²) in [7, 11) is -2.18. The molecule has 0 amide bonds. The third kappa shape index (κ3) is 4.76. The van der Waals surface area contributed by atoms with E-state index < -0.39 is 10.0 Å². The van der Waals surface area contributed by atoms with Crippen molar-refractivity contribution in [1.29, 1.82) is 5.26 Å². The van der Waals surface area contributed by atoms with Crippen LogP contribution in [-0.4, -0.2) is 39.5 Å². The van der Waals surface area contributed by atoms with Gasteiger partial charge in [-0.05, 0) is 40.5 Å². The molecule has 21 heavy (non-hydrogen) atoms. The fraction of sp³-hybridized carbons (Fsp3) is 0.462. The zero-order valence-electron chi connectivity index (χ0n) is 11.8. The van der Waals surface area contributed by atoms with Crippen LogP contribution in [0.5, 0.6) is 0 Å². The minimum Gasteiger partial charge on any atom is -0.383 e. The SMILES string of the molecule is COCCN(CCC#N)S(=O)(=O)c1cc(Br)c(C)cc1Br. The molecule has 0 aliphatic heterocycles. The maximum atomic E-state index is 12.7. The average molecular weight is 440 g/mol. The minimum atomic E-state index is -3.69. The van der Waals surface area contributed by atoms with Gasteiger partial charge in [-0.1, -0.05) is 15.9 Å². The van der Waals surface area contributed by atoms with Crippen LogP contribution in [0.3, 0.4) is 0 Å². The molecule has 0 heterocycles. The third-order valence-electron chi connectivity index (χ3n) is 2.85. The van der Waals surface area contributed by atoms with E-state index in [9.17, 15) is 8.42 Å². The van der Waals surface area contributed by atoms with Crippen LogP contribution >= 0.6 is 31.9 Å². The van der Waals surface area contributed by atoms with Crippen LogP contribution in [0, 0.1) is 18.3 Å². The Morgan fingerprint density at radius 2 is 1.95 bits per heavy atom. The van der Waals surface area contributed by atoms with Crippen LogP contribution < -0.4 is 0 Å². The van der Waals surface area contributed by atoms with E-state index in [4.69, 9.17) is 10.00 Å². The minimum absolute atomic E-state index is 0.133. The number of sulfonamides is 1. The molecule has 0 radical (unpaired) electrons. The summed E-state index contributed by atoms with van der Waals surface area (Å²) < 4.78 is 32.9. The first-order valence-corrected chi connectivity index (χ1v) is 9.19. The van der Waals surface area contributed by atoms with Gasteiger partial charge in [-0.2, -0.15) is 9.57 Å². The first-order chi connectivity index (χ1) is 9.84. The Morgan fingerprint density at radius 1 is 1.29 bits per heavy atom. The highest BCUT2D eigenvalue weighted by Crippen LogP contribution is 2.30. The number of nitrogens with zero attached hydrogens (tertiary/aromatic N) is 2. The Kier molecular flexibility index (Phi) is 7.30. The highest BCUT2D eigenvalue weighted by molar-refractivity contribution is 9.11. The molecule has 0 saturated heterocycles. The van der Waals surface area contributed by atoms with E-state index in [0.29, 0.717) is 4.47 Å². The Labute approximate surface area is 142 Å². The number of benzene rings is 1. The lowest BCUT2D eigenvalue weighted by atomic mass is 10.2. The molecule has 0 aromatic heterocycles. The molecule has 0 aliphatic carbocycles. The lowest BCUT2D eigenvalue weighted by Gasteiger charge is -2.22. The van der Waals surface area contributed by atoms with E-state index in [1.165, 1.54) is 11.4 Å². The van der Waals surface area contributed by atoms with Crippen molar-refractivity contribution in [3.63, 3.8) is 0 Å². The van der Waals surface area contributed by atoms with Gasteiger partial charge in [0.05, 0.1) is 17.6 Å². The van der Waals surface area contributed by atoms with Gasteiger partial charge in [-0.3, -0.25) is 0 Å². The second kappa shape index (κ2) is 8.25. The largest absolute Gasteiger partial charge is 0.383 e. The molecule has 0 atom stereocenters. The van der Waals surface area contributed by atoms with Crippen LogP contribution in [0.25, 0.3) is 0 Å². The number of nitriles is 1. The zero-order valence-corrected chi connectivity index (χ0v) is 15.8. The maximum Gasteiger partial charge on any atom is 0.244 e. The fourth-order valence-corrected chi connectivity index (χ4v) is 4.75. The predicted molar refractivity (Wildman–Crippen MR) is 87.4 cm³/mol. The van der Waals surface area contributed by atoms with Gasteiger partial charge in [0.25, 0.3) is 0 Å². The molecule has 0 fully saturated rings. The quantitative estimate of drug-likeness (QED) is 0.654. The van der Waals surface area contributed by atoms with Crippen LogP contribution in [0.4, 0.5) is 0 Å². The summed E-state index contributed by atoms with van der Waals surface area (Å²) >= 11 is 6.65. The van der Waals surface area contributed by atoms with Crippen molar-refractivity contribution in [3.05, 3.63) is 26.6 Å². The molecule has 8 heteroatoms. The van der Waals surface area contributed by atoms with Crippen LogP contribution in [0.1, 0.15) is 12.0 Å². The standard InChI is InChI=1S/C13H16Br2N2O3S/c1-10-8-12(15)13(9-11(10)14)21(18,19)17(5-3-4-16)6-7-20-2/h8-9H,3,5-7H2,1-2H3. The molecular weight excluding hydrogens is 424 g/mol. The number of methoxy groups -OCH3 is 1. The second-order valence-electron chi connectivity index (χ2n) is 4.34. The Hall–Kier alpha value is -0.460. The predicted octanol–water partition coefficient (Wildman–Crippen LogP) is 3.07. The topological polar surface area (TPSA) is 70.4 Å². The summed E-state index contributed by atoms with van der Waals surface area (Å²) in [5, 5.41) is 8.69. The molecule has 1 aromatic rings. The molecule has 0 unspecified atom stereocenters. The van der Waals surface area contributed by atoms with E-state index in [1.54, 1.807) is 12.1 Å². The highest BCUT2D eigenvalue weighted by atomic mass is 79.9. The molecule has 1 rings (SSSR count). The number of aryl methyl sites for hydroxylation is 1. The van der Waals surface area contributed by atoms with Gasteiger partial charge >= 0.3 is 0 Å². The first kappa shape index (κ1) is 18.6. The fourth-order valence-electron chi connectivity index (χ4n) is 1.68. The van der Waals surface area contributed by atoms with Crippen molar-refractivity contribution in [1.82, 2.24) is 4.31 Å². The van der Waals surface area contributed by atoms with Gasteiger partial charge in [-0.25, -0.2) is 8.42 Å². The van der Waals surface area contributed by atoms with Crippen molar-refractivity contribution in [3.8, 4) is 6.07 Å². The summed E-state index contributed by atoms with van der Waals surface area (Å²) in [5.74, 6) is 0. The van der Waals surface area contributed by atoms with Gasteiger partial charge in [0.15, 0.2) is 0 Å². The van der Waals surface area contributed by atoms with E-state index >= 15 is 0 Å². The molecule has 0 N–H and O–H groups in total. The molecular formula is C13H16Br2N2O3S. The van der Waals surface area contributed by atoms with Gasteiger partial charge in [0, 0.05) is 35.6 Å². The van der Waals surface area contributed by atoms with Crippen LogP contribution in [0.15, 0.2) is 26.0 Å². The van der Waals surface area contributed by atoms with Gasteiger partial charge in [-0.15, -0.1) is 0 Å². The Morgan fingerprint density at radius 3 is 2.52 bits per heavy atom.